The predicted octanol–water partition coefficient (Wildman–Crippen LogP) is 3.72. The van der Waals surface area contributed by atoms with Crippen molar-refractivity contribution in [3.8, 4) is 0 Å². The minimum absolute atomic E-state index is 0.0560. The van der Waals surface area contributed by atoms with Crippen LogP contribution in [0.3, 0.4) is 0 Å². The third-order valence-corrected chi connectivity index (χ3v) is 4.05. The van der Waals surface area contributed by atoms with Crippen LogP contribution in [0.5, 0.6) is 0 Å². The molecule has 5 heteroatoms. The minimum atomic E-state index is 0.0560. The SMILES string of the molecule is CCCSC(=O)C(=Nc1ccc(N)cc1)SCC. The highest BCUT2D eigenvalue weighted by atomic mass is 32.2. The Morgan fingerprint density at radius 2 is 1.89 bits per heavy atom. The van der Waals surface area contributed by atoms with Crippen molar-refractivity contribution in [3.05, 3.63) is 24.3 Å². The summed E-state index contributed by atoms with van der Waals surface area (Å²) in [6.45, 7) is 4.07. The first kappa shape index (κ1) is 15.1. The number of rotatable bonds is 4. The summed E-state index contributed by atoms with van der Waals surface area (Å²) < 4.78 is 0. The molecule has 3 nitrogen and oxygen atoms in total. The molecule has 0 atom stereocenters. The van der Waals surface area contributed by atoms with Crippen LogP contribution in [0.25, 0.3) is 0 Å². The summed E-state index contributed by atoms with van der Waals surface area (Å²) in [6.07, 6.45) is 0.988. The second kappa shape index (κ2) is 8.21. The van der Waals surface area contributed by atoms with Gasteiger partial charge in [0.1, 0.15) is 0 Å². The number of benzene rings is 1. The molecule has 98 valence electrons. The summed E-state index contributed by atoms with van der Waals surface area (Å²) in [5.41, 5.74) is 7.09. The lowest BCUT2D eigenvalue weighted by molar-refractivity contribution is -0.105. The molecule has 0 aliphatic heterocycles. The number of nitrogen functional groups attached to an aromatic ring is 1. The van der Waals surface area contributed by atoms with Gasteiger partial charge in [-0.15, -0.1) is 11.8 Å². The Labute approximate surface area is 117 Å². The maximum atomic E-state index is 12.0. The number of nitrogens with two attached hydrogens (primary N) is 1. The fourth-order valence-electron chi connectivity index (χ4n) is 1.20. The van der Waals surface area contributed by atoms with Gasteiger partial charge in [0.05, 0.1) is 5.69 Å². The molecule has 0 fully saturated rings. The van der Waals surface area contributed by atoms with Crippen LogP contribution in [0, 0.1) is 0 Å². The standard InChI is InChI=1S/C13H18N2OS2/c1-3-9-18-13(16)12(17-4-2)15-11-7-5-10(14)6-8-11/h5-8H,3-4,9,14H2,1-2H3. The normalized spacial score (nSPS) is 11.6. The van der Waals surface area contributed by atoms with Crippen LogP contribution in [0.1, 0.15) is 20.3 Å². The molecule has 0 aliphatic carbocycles. The van der Waals surface area contributed by atoms with Crippen molar-refractivity contribution in [2.45, 2.75) is 20.3 Å². The zero-order valence-corrected chi connectivity index (χ0v) is 12.3. The van der Waals surface area contributed by atoms with Crippen molar-refractivity contribution in [2.75, 3.05) is 17.2 Å². The number of thioether (sulfide) groups is 2. The Morgan fingerprint density at radius 3 is 2.44 bits per heavy atom. The first-order valence-corrected chi connectivity index (χ1v) is 7.88. The number of carbonyl (C=O) groups excluding carboxylic acids is 1. The van der Waals surface area contributed by atoms with Crippen LogP contribution in [0.2, 0.25) is 0 Å². The van der Waals surface area contributed by atoms with Crippen molar-refractivity contribution >= 4 is 45.1 Å². The van der Waals surface area contributed by atoms with Gasteiger partial charge in [-0.05, 0) is 36.4 Å². The molecule has 2 N–H and O–H groups in total. The van der Waals surface area contributed by atoms with E-state index in [0.29, 0.717) is 10.7 Å². The van der Waals surface area contributed by atoms with Crippen LogP contribution in [0.15, 0.2) is 29.3 Å². The van der Waals surface area contributed by atoms with E-state index in [0.717, 1.165) is 23.6 Å². The molecule has 0 aromatic heterocycles. The van der Waals surface area contributed by atoms with E-state index in [-0.39, 0.29) is 5.12 Å². The summed E-state index contributed by atoms with van der Waals surface area (Å²) >= 11 is 2.81. The van der Waals surface area contributed by atoms with Gasteiger partial charge < -0.3 is 5.73 Å². The van der Waals surface area contributed by atoms with E-state index in [1.807, 2.05) is 19.1 Å². The lowest BCUT2D eigenvalue weighted by atomic mass is 10.3. The quantitative estimate of drug-likeness (QED) is 0.519. The smallest absolute Gasteiger partial charge is 0.244 e. The average molecular weight is 282 g/mol. The fraction of sp³-hybridized carbons (Fsp3) is 0.385. The third-order valence-electron chi connectivity index (χ3n) is 2.02. The van der Waals surface area contributed by atoms with Crippen molar-refractivity contribution in [3.63, 3.8) is 0 Å². The average Bonchev–Trinajstić information content (AvgIpc) is 2.38. The third kappa shape index (κ3) is 5.14. The summed E-state index contributed by atoms with van der Waals surface area (Å²) in [6, 6.07) is 7.22. The Hall–Kier alpha value is -0.940. The highest BCUT2D eigenvalue weighted by molar-refractivity contribution is 8.24. The van der Waals surface area contributed by atoms with E-state index >= 15 is 0 Å². The zero-order chi connectivity index (χ0) is 13.4. The highest BCUT2D eigenvalue weighted by Gasteiger charge is 2.11. The summed E-state index contributed by atoms with van der Waals surface area (Å²) in [7, 11) is 0. The van der Waals surface area contributed by atoms with Crippen LogP contribution in [0.4, 0.5) is 11.4 Å². The first-order chi connectivity index (χ1) is 8.67. The summed E-state index contributed by atoms with van der Waals surface area (Å²) in [4.78, 5) is 16.3. The van der Waals surface area contributed by atoms with Crippen molar-refractivity contribution in [1.82, 2.24) is 0 Å². The Balaban J connectivity index is 2.82. The van der Waals surface area contributed by atoms with E-state index in [4.69, 9.17) is 5.73 Å². The zero-order valence-electron chi connectivity index (χ0n) is 10.7. The van der Waals surface area contributed by atoms with Crippen molar-refractivity contribution < 1.29 is 4.79 Å². The second-order valence-corrected chi connectivity index (χ2v) is 5.90. The van der Waals surface area contributed by atoms with E-state index < -0.39 is 0 Å². The second-order valence-electron chi connectivity index (χ2n) is 3.58. The molecule has 0 bridgehead atoms. The van der Waals surface area contributed by atoms with Crippen LogP contribution in [-0.2, 0) is 4.79 Å². The van der Waals surface area contributed by atoms with Gasteiger partial charge >= 0.3 is 0 Å². The van der Waals surface area contributed by atoms with Crippen LogP contribution in [-0.4, -0.2) is 21.7 Å². The molecule has 1 aromatic rings. The van der Waals surface area contributed by atoms with Crippen LogP contribution < -0.4 is 5.73 Å². The molecule has 18 heavy (non-hydrogen) atoms. The Kier molecular flexibility index (Phi) is 6.90. The Bertz CT molecular complexity index is 416. The summed E-state index contributed by atoms with van der Waals surface area (Å²) in [5, 5.41) is 0.626. The summed E-state index contributed by atoms with van der Waals surface area (Å²) in [5.74, 6) is 1.68. The van der Waals surface area contributed by atoms with Gasteiger partial charge in [-0.25, -0.2) is 4.99 Å². The minimum Gasteiger partial charge on any atom is -0.399 e. The number of hydrogen-bond donors (Lipinski definition) is 1. The maximum Gasteiger partial charge on any atom is 0.244 e. The number of aliphatic imine (C=N–C) groups is 1. The molecule has 0 amide bonds. The van der Waals surface area contributed by atoms with Crippen LogP contribution >= 0.6 is 23.5 Å². The van der Waals surface area contributed by atoms with Gasteiger partial charge in [0, 0.05) is 11.4 Å². The van der Waals surface area contributed by atoms with Gasteiger partial charge in [0.25, 0.3) is 0 Å². The van der Waals surface area contributed by atoms with Gasteiger partial charge in [-0.3, -0.25) is 4.79 Å². The maximum absolute atomic E-state index is 12.0. The Morgan fingerprint density at radius 1 is 1.22 bits per heavy atom. The molecule has 1 rings (SSSR count). The molecule has 0 saturated heterocycles. The number of nitrogens with zero attached hydrogens (tertiary/aromatic N) is 1. The van der Waals surface area contributed by atoms with Gasteiger partial charge in [0.2, 0.25) is 5.12 Å². The molecule has 0 spiro atoms. The first-order valence-electron chi connectivity index (χ1n) is 5.91. The van der Waals surface area contributed by atoms with E-state index in [1.165, 1.54) is 23.5 Å². The molecule has 0 unspecified atom stereocenters. The molecular formula is C13H18N2OS2. The van der Waals surface area contributed by atoms with Gasteiger partial charge in [0.15, 0.2) is 5.04 Å². The molecule has 0 radical (unpaired) electrons. The fourth-order valence-corrected chi connectivity index (χ4v) is 2.67. The molecular weight excluding hydrogens is 264 g/mol. The lowest BCUT2D eigenvalue weighted by Gasteiger charge is -2.03. The topological polar surface area (TPSA) is 55.5 Å². The number of anilines is 1. The van der Waals surface area contributed by atoms with Crippen molar-refractivity contribution in [1.29, 1.82) is 0 Å². The molecule has 0 saturated carbocycles. The molecule has 0 aliphatic rings. The van der Waals surface area contributed by atoms with E-state index in [2.05, 4.69) is 11.9 Å². The van der Waals surface area contributed by atoms with Crippen molar-refractivity contribution in [2.24, 2.45) is 4.99 Å². The largest absolute Gasteiger partial charge is 0.399 e. The monoisotopic (exact) mass is 282 g/mol. The van der Waals surface area contributed by atoms with Gasteiger partial charge in [-0.1, -0.05) is 25.6 Å². The highest BCUT2D eigenvalue weighted by Crippen LogP contribution is 2.20. The number of hydrogen-bond acceptors (Lipinski definition) is 5. The van der Waals surface area contributed by atoms with E-state index in [1.54, 1.807) is 12.1 Å². The van der Waals surface area contributed by atoms with Gasteiger partial charge in [-0.2, -0.15) is 0 Å². The van der Waals surface area contributed by atoms with E-state index in [9.17, 15) is 4.79 Å². The predicted molar refractivity (Wildman–Crippen MR) is 83.8 cm³/mol. The lowest BCUT2D eigenvalue weighted by Crippen LogP contribution is -2.06. The number of carbonyl (C=O) groups is 1. The molecule has 1 aromatic carbocycles. The molecule has 0 heterocycles.